The van der Waals surface area contributed by atoms with Gasteiger partial charge < -0.3 is 20.1 Å². The fourth-order valence-corrected chi connectivity index (χ4v) is 3.44. The summed E-state index contributed by atoms with van der Waals surface area (Å²) in [6.07, 6.45) is 4.05. The molecule has 1 unspecified atom stereocenters. The number of hydrogen-bond donors (Lipinski definition) is 2. The minimum atomic E-state index is -0.221. The number of benzene rings is 1. The van der Waals surface area contributed by atoms with Gasteiger partial charge >= 0.3 is 0 Å². The van der Waals surface area contributed by atoms with Crippen molar-refractivity contribution in [3.8, 4) is 11.5 Å². The van der Waals surface area contributed by atoms with E-state index >= 15 is 0 Å². The average molecular weight is 429 g/mol. The van der Waals surface area contributed by atoms with E-state index < -0.39 is 0 Å². The highest BCUT2D eigenvalue weighted by Gasteiger charge is 2.18. The highest BCUT2D eigenvalue weighted by Crippen LogP contribution is 2.36. The fourth-order valence-electron chi connectivity index (χ4n) is 3.15. The second kappa shape index (κ2) is 10.5. The quantitative estimate of drug-likeness (QED) is 0.707. The van der Waals surface area contributed by atoms with Crippen LogP contribution in [0.2, 0.25) is 5.02 Å². The maximum atomic E-state index is 12.4. The van der Waals surface area contributed by atoms with Gasteiger partial charge in [-0.25, -0.2) is 0 Å². The molecule has 1 amide bonds. The molecule has 1 aliphatic rings. The molecule has 0 radical (unpaired) electrons. The third-order valence-corrected chi connectivity index (χ3v) is 4.80. The highest BCUT2D eigenvalue weighted by molar-refractivity contribution is 6.32. The fraction of sp³-hybridized carbons (Fsp3) is 0.474. The van der Waals surface area contributed by atoms with Crippen LogP contribution >= 0.6 is 24.0 Å². The second-order valence-corrected chi connectivity index (χ2v) is 6.81. The van der Waals surface area contributed by atoms with Crippen molar-refractivity contribution in [1.82, 2.24) is 20.4 Å². The lowest BCUT2D eigenvalue weighted by Crippen LogP contribution is -2.32. The van der Waals surface area contributed by atoms with E-state index in [1.54, 1.807) is 19.2 Å². The zero-order valence-electron chi connectivity index (χ0n) is 16.0. The summed E-state index contributed by atoms with van der Waals surface area (Å²) in [6.45, 7) is 4.61. The van der Waals surface area contributed by atoms with E-state index in [1.165, 1.54) is 0 Å². The van der Waals surface area contributed by atoms with Crippen molar-refractivity contribution in [2.24, 2.45) is 0 Å². The predicted octanol–water partition coefficient (Wildman–Crippen LogP) is 3.22. The monoisotopic (exact) mass is 428 g/mol. The van der Waals surface area contributed by atoms with Gasteiger partial charge in [-0.05, 0) is 50.1 Å². The van der Waals surface area contributed by atoms with Crippen LogP contribution in [-0.4, -0.2) is 42.5 Å². The Hall–Kier alpha value is -1.96. The van der Waals surface area contributed by atoms with Crippen molar-refractivity contribution >= 4 is 29.9 Å². The molecule has 28 heavy (non-hydrogen) atoms. The SMILES string of the molecule is CCOc1c(Cl)cc(CNC(=O)c2ccn(C3CCCNC3)n2)cc1OC.Cl. The number of halogens is 2. The molecular formula is C19H26Cl2N4O3. The number of aromatic nitrogens is 2. The number of carbonyl (C=O) groups excluding carboxylic acids is 1. The van der Waals surface area contributed by atoms with E-state index in [4.69, 9.17) is 21.1 Å². The summed E-state index contributed by atoms with van der Waals surface area (Å²) in [5.74, 6) is 0.834. The number of methoxy groups -OCH3 is 1. The summed E-state index contributed by atoms with van der Waals surface area (Å²) in [7, 11) is 1.56. The third kappa shape index (κ3) is 5.31. The van der Waals surface area contributed by atoms with Gasteiger partial charge in [-0.1, -0.05) is 11.6 Å². The van der Waals surface area contributed by atoms with Gasteiger partial charge in [0.05, 0.1) is 24.8 Å². The number of nitrogens with one attached hydrogen (secondary N) is 2. The lowest BCUT2D eigenvalue weighted by molar-refractivity contribution is 0.0944. The van der Waals surface area contributed by atoms with Crippen LogP contribution in [0.1, 0.15) is 41.9 Å². The Morgan fingerprint density at radius 3 is 2.96 bits per heavy atom. The molecule has 1 aromatic carbocycles. The lowest BCUT2D eigenvalue weighted by Gasteiger charge is -2.22. The van der Waals surface area contributed by atoms with E-state index in [9.17, 15) is 4.79 Å². The summed E-state index contributed by atoms with van der Waals surface area (Å²) in [5, 5.41) is 11.1. The maximum Gasteiger partial charge on any atom is 0.272 e. The maximum absolute atomic E-state index is 12.4. The molecule has 2 aromatic rings. The number of piperidine rings is 1. The molecule has 7 nitrogen and oxygen atoms in total. The van der Waals surface area contributed by atoms with Crippen molar-refractivity contribution in [2.45, 2.75) is 32.4 Å². The zero-order chi connectivity index (χ0) is 19.2. The van der Waals surface area contributed by atoms with Gasteiger partial charge in [0, 0.05) is 19.3 Å². The molecule has 1 fully saturated rings. The van der Waals surface area contributed by atoms with Crippen molar-refractivity contribution in [3.05, 3.63) is 40.7 Å². The molecule has 1 aliphatic heterocycles. The van der Waals surface area contributed by atoms with Gasteiger partial charge in [0.25, 0.3) is 5.91 Å². The number of nitrogens with zero attached hydrogens (tertiary/aromatic N) is 2. The first kappa shape index (κ1) is 22.3. The van der Waals surface area contributed by atoms with E-state index in [0.717, 1.165) is 31.5 Å². The van der Waals surface area contributed by atoms with Gasteiger partial charge in [-0.2, -0.15) is 5.10 Å². The Bertz CT molecular complexity index is 791. The molecule has 9 heteroatoms. The number of ether oxygens (including phenoxy) is 2. The van der Waals surface area contributed by atoms with Gasteiger partial charge in [0.1, 0.15) is 5.69 Å². The van der Waals surface area contributed by atoms with E-state index in [1.807, 2.05) is 23.9 Å². The summed E-state index contributed by atoms with van der Waals surface area (Å²) in [5.41, 5.74) is 1.23. The summed E-state index contributed by atoms with van der Waals surface area (Å²) in [4.78, 5) is 12.4. The van der Waals surface area contributed by atoms with Crippen molar-refractivity contribution in [3.63, 3.8) is 0 Å². The molecule has 2 N–H and O–H groups in total. The first-order valence-corrected chi connectivity index (χ1v) is 9.53. The van der Waals surface area contributed by atoms with Gasteiger partial charge in [-0.3, -0.25) is 9.48 Å². The molecule has 0 saturated carbocycles. The van der Waals surface area contributed by atoms with Crippen molar-refractivity contribution in [2.75, 3.05) is 26.8 Å². The predicted molar refractivity (Wildman–Crippen MR) is 111 cm³/mol. The third-order valence-electron chi connectivity index (χ3n) is 4.52. The van der Waals surface area contributed by atoms with Crippen LogP contribution in [0.4, 0.5) is 0 Å². The molecule has 0 aliphatic carbocycles. The van der Waals surface area contributed by atoms with Crippen LogP contribution in [0, 0.1) is 0 Å². The molecular weight excluding hydrogens is 403 g/mol. The zero-order valence-corrected chi connectivity index (χ0v) is 17.6. The van der Waals surface area contributed by atoms with Crippen LogP contribution in [0.5, 0.6) is 11.5 Å². The Balaban J connectivity index is 0.00000280. The van der Waals surface area contributed by atoms with Crippen LogP contribution in [0.15, 0.2) is 24.4 Å². The van der Waals surface area contributed by atoms with E-state index in [-0.39, 0.29) is 18.3 Å². The van der Waals surface area contributed by atoms with Crippen LogP contribution in [0.25, 0.3) is 0 Å². The topological polar surface area (TPSA) is 77.4 Å². The molecule has 1 aromatic heterocycles. The number of hydrogen-bond acceptors (Lipinski definition) is 5. The standard InChI is InChI=1S/C19H25ClN4O3.ClH/c1-3-27-18-15(20)9-13(10-17(18)26-2)11-22-19(25)16-6-8-24(23-16)14-5-4-7-21-12-14;/h6,8-10,14,21H,3-5,7,11-12H2,1-2H3,(H,22,25);1H. The molecule has 1 atom stereocenters. The minimum absolute atomic E-state index is 0. The molecule has 3 rings (SSSR count). The molecule has 0 bridgehead atoms. The molecule has 0 spiro atoms. The van der Waals surface area contributed by atoms with Gasteiger partial charge in [0.2, 0.25) is 0 Å². The summed E-state index contributed by atoms with van der Waals surface area (Å²) in [6, 6.07) is 5.62. The number of carbonyl (C=O) groups is 1. The van der Waals surface area contributed by atoms with Gasteiger partial charge in [-0.15, -0.1) is 12.4 Å². The normalized spacial score (nSPS) is 16.2. The van der Waals surface area contributed by atoms with E-state index in [0.29, 0.717) is 41.4 Å². The van der Waals surface area contributed by atoms with Gasteiger partial charge in [0.15, 0.2) is 11.5 Å². The molecule has 1 saturated heterocycles. The number of rotatable bonds is 7. The van der Waals surface area contributed by atoms with Crippen LogP contribution < -0.4 is 20.1 Å². The smallest absolute Gasteiger partial charge is 0.272 e. The Labute approximate surface area is 176 Å². The van der Waals surface area contributed by atoms with Crippen LogP contribution in [-0.2, 0) is 6.54 Å². The number of amides is 1. The molecule has 2 heterocycles. The van der Waals surface area contributed by atoms with Crippen molar-refractivity contribution < 1.29 is 14.3 Å². The first-order valence-electron chi connectivity index (χ1n) is 9.15. The highest BCUT2D eigenvalue weighted by atomic mass is 35.5. The van der Waals surface area contributed by atoms with Crippen molar-refractivity contribution in [1.29, 1.82) is 0 Å². The second-order valence-electron chi connectivity index (χ2n) is 6.41. The first-order chi connectivity index (χ1) is 13.1. The average Bonchev–Trinajstić information content (AvgIpc) is 3.19. The Kier molecular flexibility index (Phi) is 8.41. The summed E-state index contributed by atoms with van der Waals surface area (Å²) >= 11 is 6.27. The Morgan fingerprint density at radius 1 is 1.46 bits per heavy atom. The molecule has 154 valence electrons. The van der Waals surface area contributed by atoms with E-state index in [2.05, 4.69) is 15.7 Å². The summed E-state index contributed by atoms with van der Waals surface area (Å²) < 4.78 is 12.7. The Morgan fingerprint density at radius 2 is 2.29 bits per heavy atom. The minimum Gasteiger partial charge on any atom is -0.493 e. The largest absolute Gasteiger partial charge is 0.493 e. The van der Waals surface area contributed by atoms with Crippen LogP contribution in [0.3, 0.4) is 0 Å². The lowest BCUT2D eigenvalue weighted by atomic mass is 10.1.